The lowest BCUT2D eigenvalue weighted by atomic mass is 10.2. The highest BCUT2D eigenvalue weighted by atomic mass is 19.1. The summed E-state index contributed by atoms with van der Waals surface area (Å²) in [7, 11) is 0. The standard InChI is InChI=1S/C15H15FN2O5/c1-9-6-11(18-23-9)7-14(19)17-8-13(15(20)21)22-12-4-2-10(16)3-5-12/h2-6,13H,7-8H2,1H3,(H,17,19)(H,20,21). The van der Waals surface area contributed by atoms with Crippen LogP contribution in [0, 0.1) is 12.7 Å². The highest BCUT2D eigenvalue weighted by Crippen LogP contribution is 2.13. The number of aromatic nitrogens is 1. The number of nitrogens with zero attached hydrogens (tertiary/aromatic N) is 1. The van der Waals surface area contributed by atoms with Crippen LogP contribution in [0.5, 0.6) is 5.75 Å². The molecular formula is C15H15FN2O5. The molecule has 2 N–H and O–H groups in total. The van der Waals surface area contributed by atoms with Crippen LogP contribution >= 0.6 is 0 Å². The van der Waals surface area contributed by atoms with Crippen molar-refractivity contribution < 1.29 is 28.3 Å². The number of halogens is 1. The number of aliphatic carboxylic acids is 1. The summed E-state index contributed by atoms with van der Waals surface area (Å²) in [5.41, 5.74) is 0.450. The van der Waals surface area contributed by atoms with Crippen LogP contribution in [-0.4, -0.2) is 34.8 Å². The Kier molecular flexibility index (Phi) is 5.29. The summed E-state index contributed by atoms with van der Waals surface area (Å²) in [6, 6.07) is 6.54. The smallest absolute Gasteiger partial charge is 0.346 e. The van der Waals surface area contributed by atoms with Gasteiger partial charge in [0.1, 0.15) is 17.3 Å². The van der Waals surface area contributed by atoms with Crippen molar-refractivity contribution in [2.24, 2.45) is 0 Å². The normalized spacial score (nSPS) is 11.7. The first kappa shape index (κ1) is 16.5. The van der Waals surface area contributed by atoms with E-state index >= 15 is 0 Å². The number of carboxylic acids is 1. The van der Waals surface area contributed by atoms with E-state index in [1.54, 1.807) is 13.0 Å². The predicted molar refractivity (Wildman–Crippen MR) is 76.4 cm³/mol. The van der Waals surface area contributed by atoms with Gasteiger partial charge < -0.3 is 19.7 Å². The van der Waals surface area contributed by atoms with Crippen molar-refractivity contribution in [2.75, 3.05) is 6.54 Å². The first-order valence-electron chi connectivity index (χ1n) is 6.78. The van der Waals surface area contributed by atoms with Crippen LogP contribution in [0.4, 0.5) is 4.39 Å². The molecule has 1 unspecified atom stereocenters. The van der Waals surface area contributed by atoms with Gasteiger partial charge in [0.05, 0.1) is 18.7 Å². The Labute approximate surface area is 131 Å². The molecule has 0 aliphatic heterocycles. The molecule has 1 aromatic carbocycles. The molecule has 1 amide bonds. The van der Waals surface area contributed by atoms with Crippen LogP contribution in [0.2, 0.25) is 0 Å². The van der Waals surface area contributed by atoms with Crippen molar-refractivity contribution in [3.63, 3.8) is 0 Å². The van der Waals surface area contributed by atoms with Crippen LogP contribution in [0.25, 0.3) is 0 Å². The van der Waals surface area contributed by atoms with Crippen molar-refractivity contribution in [3.8, 4) is 5.75 Å². The largest absolute Gasteiger partial charge is 0.478 e. The van der Waals surface area contributed by atoms with E-state index in [0.717, 1.165) is 12.1 Å². The second kappa shape index (κ2) is 7.39. The number of carbonyl (C=O) groups is 2. The Hall–Kier alpha value is -2.90. The third-order valence-corrected chi connectivity index (χ3v) is 2.87. The lowest BCUT2D eigenvalue weighted by Gasteiger charge is -2.15. The number of ether oxygens (including phenoxy) is 1. The molecular weight excluding hydrogens is 307 g/mol. The zero-order valence-corrected chi connectivity index (χ0v) is 12.3. The van der Waals surface area contributed by atoms with Crippen molar-refractivity contribution in [2.45, 2.75) is 19.4 Å². The van der Waals surface area contributed by atoms with Crippen molar-refractivity contribution >= 4 is 11.9 Å². The fourth-order valence-electron chi connectivity index (χ4n) is 1.79. The fourth-order valence-corrected chi connectivity index (χ4v) is 1.79. The fraction of sp³-hybridized carbons (Fsp3) is 0.267. The number of carboxylic acid groups (broad SMARTS) is 1. The molecule has 2 aromatic rings. The van der Waals surface area contributed by atoms with E-state index in [4.69, 9.17) is 14.4 Å². The highest BCUT2D eigenvalue weighted by Gasteiger charge is 2.20. The minimum atomic E-state index is -1.29. The monoisotopic (exact) mass is 322 g/mol. The molecule has 0 radical (unpaired) electrons. The SMILES string of the molecule is Cc1cc(CC(=O)NCC(Oc2ccc(F)cc2)C(=O)O)no1. The molecule has 0 bridgehead atoms. The molecule has 1 heterocycles. The van der Waals surface area contributed by atoms with Crippen LogP contribution in [0.15, 0.2) is 34.9 Å². The summed E-state index contributed by atoms with van der Waals surface area (Å²) < 4.78 is 22.9. The minimum absolute atomic E-state index is 0.0276. The van der Waals surface area contributed by atoms with Crippen LogP contribution in [0.1, 0.15) is 11.5 Å². The number of hydrogen-bond donors (Lipinski definition) is 2. The van der Waals surface area contributed by atoms with Gasteiger partial charge in [-0.15, -0.1) is 0 Å². The average molecular weight is 322 g/mol. The maximum atomic E-state index is 12.8. The van der Waals surface area contributed by atoms with Gasteiger partial charge >= 0.3 is 5.97 Å². The molecule has 0 saturated heterocycles. The van der Waals surface area contributed by atoms with Crippen molar-refractivity contribution in [1.29, 1.82) is 0 Å². The van der Waals surface area contributed by atoms with E-state index < -0.39 is 23.8 Å². The Morgan fingerprint density at radius 3 is 2.65 bits per heavy atom. The van der Waals surface area contributed by atoms with E-state index in [2.05, 4.69) is 10.5 Å². The lowest BCUT2D eigenvalue weighted by molar-refractivity contribution is -0.145. The highest BCUT2D eigenvalue weighted by molar-refractivity contribution is 5.79. The zero-order chi connectivity index (χ0) is 16.8. The number of benzene rings is 1. The molecule has 0 saturated carbocycles. The quantitative estimate of drug-likeness (QED) is 0.797. The third-order valence-electron chi connectivity index (χ3n) is 2.87. The Balaban J connectivity index is 1.88. The molecule has 122 valence electrons. The first-order chi connectivity index (χ1) is 10.9. The first-order valence-corrected chi connectivity index (χ1v) is 6.78. The van der Waals surface area contributed by atoms with Crippen LogP contribution in [0.3, 0.4) is 0 Å². The topological polar surface area (TPSA) is 102 Å². The molecule has 0 aliphatic carbocycles. The summed E-state index contributed by atoms with van der Waals surface area (Å²) >= 11 is 0. The van der Waals surface area contributed by atoms with Gasteiger partial charge in [-0.3, -0.25) is 4.79 Å². The summed E-state index contributed by atoms with van der Waals surface area (Å²) in [6.45, 7) is 1.47. The summed E-state index contributed by atoms with van der Waals surface area (Å²) in [5.74, 6) is -1.34. The summed E-state index contributed by atoms with van der Waals surface area (Å²) in [5, 5.41) is 15.2. The number of nitrogens with one attached hydrogen (secondary N) is 1. The number of aryl methyl sites for hydroxylation is 1. The molecule has 8 heteroatoms. The van der Waals surface area contributed by atoms with E-state index in [1.165, 1.54) is 12.1 Å². The van der Waals surface area contributed by atoms with Gasteiger partial charge in [0.2, 0.25) is 12.0 Å². The number of hydrogen-bond acceptors (Lipinski definition) is 5. The lowest BCUT2D eigenvalue weighted by Crippen LogP contribution is -2.40. The predicted octanol–water partition coefficient (Wildman–Crippen LogP) is 1.31. The molecule has 7 nitrogen and oxygen atoms in total. The van der Waals surface area contributed by atoms with Gasteiger partial charge in [-0.25, -0.2) is 9.18 Å². The van der Waals surface area contributed by atoms with Gasteiger partial charge in [0.25, 0.3) is 0 Å². The number of carbonyl (C=O) groups excluding carboxylic acids is 1. The Morgan fingerprint density at radius 1 is 1.39 bits per heavy atom. The zero-order valence-electron chi connectivity index (χ0n) is 12.3. The maximum Gasteiger partial charge on any atom is 0.346 e. The van der Waals surface area contributed by atoms with E-state index in [0.29, 0.717) is 11.5 Å². The number of rotatable bonds is 7. The van der Waals surface area contributed by atoms with Gasteiger partial charge in [-0.1, -0.05) is 5.16 Å². The molecule has 1 atom stereocenters. The molecule has 0 fully saturated rings. The second-order valence-corrected chi connectivity index (χ2v) is 4.81. The summed E-state index contributed by atoms with van der Waals surface area (Å²) in [6.07, 6.45) is -1.32. The molecule has 2 rings (SSSR count). The van der Waals surface area contributed by atoms with Gasteiger partial charge in [-0.05, 0) is 31.2 Å². The van der Waals surface area contributed by atoms with E-state index in [9.17, 15) is 14.0 Å². The number of amides is 1. The third kappa shape index (κ3) is 5.10. The van der Waals surface area contributed by atoms with E-state index in [1.807, 2.05) is 0 Å². The Morgan fingerprint density at radius 2 is 2.09 bits per heavy atom. The molecule has 0 spiro atoms. The van der Waals surface area contributed by atoms with Gasteiger partial charge in [0.15, 0.2) is 0 Å². The van der Waals surface area contributed by atoms with Crippen LogP contribution < -0.4 is 10.1 Å². The van der Waals surface area contributed by atoms with Gasteiger partial charge in [0, 0.05) is 6.07 Å². The maximum absolute atomic E-state index is 12.8. The van der Waals surface area contributed by atoms with Gasteiger partial charge in [-0.2, -0.15) is 0 Å². The Bertz CT molecular complexity index is 683. The molecule has 1 aromatic heterocycles. The average Bonchev–Trinajstić information content (AvgIpc) is 2.90. The van der Waals surface area contributed by atoms with Crippen molar-refractivity contribution in [1.82, 2.24) is 10.5 Å². The summed E-state index contributed by atoms with van der Waals surface area (Å²) in [4.78, 5) is 22.9. The second-order valence-electron chi connectivity index (χ2n) is 4.81. The molecule has 23 heavy (non-hydrogen) atoms. The van der Waals surface area contributed by atoms with Crippen LogP contribution in [-0.2, 0) is 16.0 Å². The minimum Gasteiger partial charge on any atom is -0.478 e. The van der Waals surface area contributed by atoms with Crippen molar-refractivity contribution in [3.05, 3.63) is 47.6 Å². The van der Waals surface area contributed by atoms with E-state index in [-0.39, 0.29) is 18.7 Å². The molecule has 0 aliphatic rings.